The first-order valence-corrected chi connectivity index (χ1v) is 9.74. The third-order valence-corrected chi connectivity index (χ3v) is 5.08. The Morgan fingerprint density at radius 1 is 0.517 bits per heavy atom. The van der Waals surface area contributed by atoms with Crippen molar-refractivity contribution in [3.05, 3.63) is 121 Å². The summed E-state index contributed by atoms with van der Waals surface area (Å²) in [5.74, 6) is 0. The summed E-state index contributed by atoms with van der Waals surface area (Å²) in [6.07, 6.45) is 1.86. The highest BCUT2D eigenvalue weighted by Crippen LogP contribution is 2.37. The molecule has 1 heterocycles. The maximum Gasteiger partial charge on any atom is 0.0780 e. The standard InChI is InChI=1S/C27H20N2/c1-3-13-23(14-4-1)29(24-15-5-2-6-16-24)25-17-7-11-22(20-25)26-18-8-10-21-12-9-19-28-27(21)26/h1-20H. The quantitative estimate of drug-likeness (QED) is 0.327. The van der Waals surface area contributed by atoms with Crippen LogP contribution in [0.5, 0.6) is 0 Å². The van der Waals surface area contributed by atoms with Gasteiger partial charge in [0.15, 0.2) is 0 Å². The van der Waals surface area contributed by atoms with Crippen molar-refractivity contribution in [2.45, 2.75) is 0 Å². The van der Waals surface area contributed by atoms with Gasteiger partial charge >= 0.3 is 0 Å². The topological polar surface area (TPSA) is 16.1 Å². The molecule has 29 heavy (non-hydrogen) atoms. The molecule has 0 spiro atoms. The summed E-state index contributed by atoms with van der Waals surface area (Å²) < 4.78 is 0. The molecule has 138 valence electrons. The molecule has 0 saturated carbocycles. The van der Waals surface area contributed by atoms with Crippen LogP contribution in [-0.2, 0) is 0 Å². The molecule has 0 N–H and O–H groups in total. The number of fused-ring (bicyclic) bond motifs is 1. The lowest BCUT2D eigenvalue weighted by Crippen LogP contribution is -2.09. The minimum atomic E-state index is 1.03. The lowest BCUT2D eigenvalue weighted by molar-refractivity contribution is 1.28. The van der Waals surface area contributed by atoms with Gasteiger partial charge in [-0.05, 0) is 48.0 Å². The van der Waals surface area contributed by atoms with Crippen LogP contribution >= 0.6 is 0 Å². The molecule has 2 heteroatoms. The normalized spacial score (nSPS) is 10.8. The van der Waals surface area contributed by atoms with Crippen molar-refractivity contribution in [1.29, 1.82) is 0 Å². The summed E-state index contributed by atoms with van der Waals surface area (Å²) in [6.45, 7) is 0. The molecule has 0 aliphatic carbocycles. The van der Waals surface area contributed by atoms with Crippen molar-refractivity contribution in [3.8, 4) is 11.1 Å². The molecular formula is C27H20N2. The minimum absolute atomic E-state index is 1.03. The first-order chi connectivity index (χ1) is 14.4. The Labute approximate surface area is 170 Å². The molecule has 0 amide bonds. The Hall–Kier alpha value is -3.91. The molecule has 4 aromatic carbocycles. The number of hydrogen-bond acceptors (Lipinski definition) is 2. The summed E-state index contributed by atoms with van der Waals surface area (Å²) in [6, 6.07) is 40.0. The molecular weight excluding hydrogens is 352 g/mol. The second-order valence-corrected chi connectivity index (χ2v) is 6.94. The maximum atomic E-state index is 4.63. The Kier molecular flexibility index (Phi) is 4.51. The van der Waals surface area contributed by atoms with E-state index in [1.165, 1.54) is 0 Å². The fourth-order valence-electron chi connectivity index (χ4n) is 3.75. The zero-order chi connectivity index (χ0) is 19.5. The van der Waals surface area contributed by atoms with Gasteiger partial charge < -0.3 is 4.90 Å². The first-order valence-electron chi connectivity index (χ1n) is 9.74. The monoisotopic (exact) mass is 372 g/mol. The van der Waals surface area contributed by atoms with E-state index in [1.54, 1.807) is 0 Å². The Morgan fingerprint density at radius 2 is 1.14 bits per heavy atom. The van der Waals surface area contributed by atoms with Crippen LogP contribution < -0.4 is 4.90 Å². The predicted octanol–water partition coefficient (Wildman–Crippen LogP) is 7.37. The highest BCUT2D eigenvalue weighted by Gasteiger charge is 2.13. The molecule has 0 bridgehead atoms. The van der Waals surface area contributed by atoms with Gasteiger partial charge in [0, 0.05) is 34.2 Å². The van der Waals surface area contributed by atoms with E-state index in [4.69, 9.17) is 0 Å². The van der Waals surface area contributed by atoms with Gasteiger partial charge in [-0.15, -0.1) is 0 Å². The van der Waals surface area contributed by atoms with E-state index < -0.39 is 0 Å². The average molecular weight is 372 g/mol. The maximum absolute atomic E-state index is 4.63. The molecule has 0 atom stereocenters. The fourth-order valence-corrected chi connectivity index (χ4v) is 3.75. The predicted molar refractivity (Wildman–Crippen MR) is 122 cm³/mol. The number of hydrogen-bond donors (Lipinski definition) is 0. The van der Waals surface area contributed by atoms with Gasteiger partial charge in [-0.3, -0.25) is 4.98 Å². The lowest BCUT2D eigenvalue weighted by atomic mass is 10.0. The molecule has 2 nitrogen and oxygen atoms in total. The van der Waals surface area contributed by atoms with Gasteiger partial charge in [-0.1, -0.05) is 72.8 Å². The van der Waals surface area contributed by atoms with Gasteiger partial charge in [0.25, 0.3) is 0 Å². The van der Waals surface area contributed by atoms with E-state index >= 15 is 0 Å². The molecule has 0 saturated heterocycles. The number of anilines is 3. The van der Waals surface area contributed by atoms with E-state index in [-0.39, 0.29) is 0 Å². The SMILES string of the molecule is c1ccc(N(c2ccccc2)c2cccc(-c3cccc4cccnc34)c2)cc1. The number of aromatic nitrogens is 1. The number of para-hydroxylation sites is 3. The van der Waals surface area contributed by atoms with Crippen LogP contribution in [0.2, 0.25) is 0 Å². The van der Waals surface area contributed by atoms with Gasteiger partial charge in [0.1, 0.15) is 0 Å². The van der Waals surface area contributed by atoms with Gasteiger partial charge in [0.2, 0.25) is 0 Å². The highest BCUT2D eigenvalue weighted by atomic mass is 15.1. The van der Waals surface area contributed by atoms with Gasteiger partial charge in [0.05, 0.1) is 5.52 Å². The summed E-state index contributed by atoms with van der Waals surface area (Å²) in [5, 5.41) is 1.15. The summed E-state index contributed by atoms with van der Waals surface area (Å²) >= 11 is 0. The molecule has 0 aliphatic heterocycles. The van der Waals surface area contributed by atoms with Crippen LogP contribution in [0, 0.1) is 0 Å². The molecule has 0 fully saturated rings. The third kappa shape index (κ3) is 3.37. The number of nitrogens with zero attached hydrogens (tertiary/aromatic N) is 2. The largest absolute Gasteiger partial charge is 0.310 e. The summed E-state index contributed by atoms with van der Waals surface area (Å²) in [5.41, 5.74) is 6.71. The highest BCUT2D eigenvalue weighted by molar-refractivity contribution is 5.94. The van der Waals surface area contributed by atoms with E-state index in [9.17, 15) is 0 Å². The van der Waals surface area contributed by atoms with E-state index in [0.29, 0.717) is 0 Å². The van der Waals surface area contributed by atoms with E-state index in [0.717, 1.165) is 39.1 Å². The molecule has 0 unspecified atom stereocenters. The van der Waals surface area contributed by atoms with Crippen molar-refractivity contribution >= 4 is 28.0 Å². The average Bonchev–Trinajstić information content (AvgIpc) is 2.81. The molecule has 1 aromatic heterocycles. The van der Waals surface area contributed by atoms with Crippen molar-refractivity contribution in [1.82, 2.24) is 4.98 Å². The fraction of sp³-hybridized carbons (Fsp3) is 0. The van der Waals surface area contributed by atoms with Gasteiger partial charge in [-0.25, -0.2) is 0 Å². The Bertz CT molecular complexity index is 1200. The Morgan fingerprint density at radius 3 is 1.86 bits per heavy atom. The van der Waals surface area contributed by atoms with Crippen molar-refractivity contribution in [2.24, 2.45) is 0 Å². The Balaban J connectivity index is 1.67. The minimum Gasteiger partial charge on any atom is -0.310 e. The summed E-state index contributed by atoms with van der Waals surface area (Å²) in [7, 11) is 0. The zero-order valence-corrected chi connectivity index (χ0v) is 15.9. The van der Waals surface area contributed by atoms with Crippen LogP contribution in [0.25, 0.3) is 22.0 Å². The lowest BCUT2D eigenvalue weighted by Gasteiger charge is -2.26. The molecule has 0 aliphatic rings. The van der Waals surface area contributed by atoms with Crippen LogP contribution in [0.4, 0.5) is 17.1 Å². The summed E-state index contributed by atoms with van der Waals surface area (Å²) in [4.78, 5) is 6.91. The van der Waals surface area contributed by atoms with Crippen LogP contribution in [0.3, 0.4) is 0 Å². The molecule has 0 radical (unpaired) electrons. The van der Waals surface area contributed by atoms with Crippen LogP contribution in [0.1, 0.15) is 0 Å². The van der Waals surface area contributed by atoms with Crippen LogP contribution in [-0.4, -0.2) is 4.98 Å². The first kappa shape index (κ1) is 17.2. The van der Waals surface area contributed by atoms with Gasteiger partial charge in [-0.2, -0.15) is 0 Å². The third-order valence-electron chi connectivity index (χ3n) is 5.08. The van der Waals surface area contributed by atoms with Crippen molar-refractivity contribution < 1.29 is 0 Å². The van der Waals surface area contributed by atoms with Crippen molar-refractivity contribution in [2.75, 3.05) is 4.90 Å². The molecule has 5 aromatic rings. The smallest absolute Gasteiger partial charge is 0.0780 e. The second-order valence-electron chi connectivity index (χ2n) is 6.94. The molecule has 5 rings (SSSR count). The van der Waals surface area contributed by atoms with E-state index in [1.807, 2.05) is 24.4 Å². The number of pyridine rings is 1. The van der Waals surface area contributed by atoms with Crippen molar-refractivity contribution in [3.63, 3.8) is 0 Å². The number of benzene rings is 4. The number of rotatable bonds is 4. The second kappa shape index (κ2) is 7.61. The van der Waals surface area contributed by atoms with E-state index in [2.05, 4.69) is 107 Å². The van der Waals surface area contributed by atoms with Crippen LogP contribution in [0.15, 0.2) is 121 Å². The zero-order valence-electron chi connectivity index (χ0n) is 15.9.